The van der Waals surface area contributed by atoms with Crippen LogP contribution >= 0.6 is 0 Å². The van der Waals surface area contributed by atoms with Crippen molar-refractivity contribution in [3.8, 4) is 0 Å². The molecular weight excluding hydrogens is 230 g/mol. The van der Waals surface area contributed by atoms with Crippen molar-refractivity contribution in [1.82, 2.24) is 0 Å². The zero-order valence-electron chi connectivity index (χ0n) is 10.4. The molecule has 0 radical (unpaired) electrons. The molecule has 98 valence electrons. The Hall–Kier alpha value is -1.68. The van der Waals surface area contributed by atoms with E-state index in [0.717, 1.165) is 44.1 Å². The highest BCUT2D eigenvalue weighted by molar-refractivity contribution is 5.75. The van der Waals surface area contributed by atoms with Crippen LogP contribution in [-0.4, -0.2) is 32.3 Å². The van der Waals surface area contributed by atoms with Crippen LogP contribution in [0.1, 0.15) is 29.6 Å². The smallest absolute Gasteiger partial charge is 0.150 e. The van der Waals surface area contributed by atoms with Gasteiger partial charge in [-0.05, 0) is 43.5 Å². The predicted octanol–water partition coefficient (Wildman–Crippen LogP) is 2.30. The lowest BCUT2D eigenvalue weighted by Crippen LogP contribution is -2.03. The molecule has 0 unspecified atom stereocenters. The molecule has 0 atom stereocenters. The zero-order valence-corrected chi connectivity index (χ0v) is 10.4. The number of nitrogens with one attached hydrogen (secondary N) is 1. The number of hydrogen-bond acceptors (Lipinski definition) is 4. The number of ether oxygens (including phenoxy) is 1. The topological polar surface area (TPSA) is 55.4 Å². The highest BCUT2D eigenvalue weighted by Crippen LogP contribution is 2.08. The van der Waals surface area contributed by atoms with Crippen molar-refractivity contribution in [3.05, 3.63) is 29.8 Å². The zero-order chi connectivity index (χ0) is 13.1. The summed E-state index contributed by atoms with van der Waals surface area (Å²) in [6.07, 6.45) is 4.70. The molecule has 1 aromatic carbocycles. The lowest BCUT2D eigenvalue weighted by atomic mass is 10.2. The molecule has 4 nitrogen and oxygen atoms in total. The standard InChI is InChI=1S/C14H19NO3/c16-9-11-18-10-3-1-2-8-15-14-6-4-13(12-17)5-7-14/h4-7,9,12,15H,1-3,8,10-11H2. The summed E-state index contributed by atoms with van der Waals surface area (Å²) < 4.78 is 5.05. The number of carbonyl (C=O) groups excluding carboxylic acids is 2. The molecule has 0 aliphatic carbocycles. The van der Waals surface area contributed by atoms with Crippen molar-refractivity contribution in [2.45, 2.75) is 19.3 Å². The number of unbranched alkanes of at least 4 members (excludes halogenated alkanes) is 2. The Morgan fingerprint density at radius 1 is 1.06 bits per heavy atom. The molecule has 0 aliphatic rings. The highest BCUT2D eigenvalue weighted by Gasteiger charge is 1.94. The molecule has 0 saturated carbocycles. The average molecular weight is 249 g/mol. The van der Waals surface area contributed by atoms with Crippen LogP contribution in [0.5, 0.6) is 0 Å². The Morgan fingerprint density at radius 3 is 2.50 bits per heavy atom. The van der Waals surface area contributed by atoms with E-state index in [1.807, 2.05) is 12.1 Å². The van der Waals surface area contributed by atoms with E-state index in [4.69, 9.17) is 4.74 Å². The first-order valence-corrected chi connectivity index (χ1v) is 6.17. The molecule has 1 N–H and O–H groups in total. The van der Waals surface area contributed by atoms with Gasteiger partial charge in [-0.3, -0.25) is 4.79 Å². The summed E-state index contributed by atoms with van der Waals surface area (Å²) in [6, 6.07) is 7.39. The Morgan fingerprint density at radius 2 is 1.83 bits per heavy atom. The summed E-state index contributed by atoms with van der Waals surface area (Å²) in [4.78, 5) is 20.5. The Balaban J connectivity index is 2.03. The molecule has 0 spiro atoms. The molecule has 0 aliphatic heterocycles. The van der Waals surface area contributed by atoms with Gasteiger partial charge >= 0.3 is 0 Å². The Labute approximate surface area is 107 Å². The fourth-order valence-corrected chi connectivity index (χ4v) is 1.55. The average Bonchev–Trinajstić information content (AvgIpc) is 2.42. The van der Waals surface area contributed by atoms with Gasteiger partial charge in [0.05, 0.1) is 0 Å². The quantitative estimate of drug-likeness (QED) is 0.510. The van der Waals surface area contributed by atoms with Gasteiger partial charge in [-0.2, -0.15) is 0 Å². The van der Waals surface area contributed by atoms with Crippen molar-refractivity contribution in [1.29, 1.82) is 0 Å². The van der Waals surface area contributed by atoms with Gasteiger partial charge < -0.3 is 14.8 Å². The van der Waals surface area contributed by atoms with E-state index in [-0.39, 0.29) is 6.61 Å². The largest absolute Gasteiger partial charge is 0.385 e. The van der Waals surface area contributed by atoms with Crippen LogP contribution in [-0.2, 0) is 9.53 Å². The normalized spacial score (nSPS) is 10.0. The lowest BCUT2D eigenvalue weighted by Gasteiger charge is -2.06. The summed E-state index contributed by atoms with van der Waals surface area (Å²) >= 11 is 0. The van der Waals surface area contributed by atoms with Gasteiger partial charge in [0.1, 0.15) is 19.2 Å². The maximum atomic E-state index is 10.5. The lowest BCUT2D eigenvalue weighted by molar-refractivity contribution is -0.111. The molecule has 4 heteroatoms. The third kappa shape index (κ3) is 6.15. The molecule has 0 bridgehead atoms. The molecule has 0 fully saturated rings. The van der Waals surface area contributed by atoms with Crippen LogP contribution in [0, 0.1) is 0 Å². The van der Waals surface area contributed by atoms with E-state index in [0.29, 0.717) is 12.2 Å². The van der Waals surface area contributed by atoms with E-state index in [1.54, 1.807) is 12.1 Å². The Kier molecular flexibility index (Phi) is 7.48. The first kappa shape index (κ1) is 14.4. The first-order valence-electron chi connectivity index (χ1n) is 6.17. The third-order valence-electron chi connectivity index (χ3n) is 2.53. The number of anilines is 1. The third-order valence-corrected chi connectivity index (χ3v) is 2.53. The summed E-state index contributed by atoms with van der Waals surface area (Å²) in [5, 5.41) is 3.29. The maximum Gasteiger partial charge on any atom is 0.150 e. The SMILES string of the molecule is O=CCOCCCCCNc1ccc(C=O)cc1. The van der Waals surface area contributed by atoms with Crippen molar-refractivity contribution in [2.75, 3.05) is 25.1 Å². The van der Waals surface area contributed by atoms with Gasteiger partial charge in [0.15, 0.2) is 0 Å². The van der Waals surface area contributed by atoms with Gasteiger partial charge in [0.25, 0.3) is 0 Å². The van der Waals surface area contributed by atoms with Crippen LogP contribution in [0.2, 0.25) is 0 Å². The van der Waals surface area contributed by atoms with Crippen LogP contribution < -0.4 is 5.32 Å². The van der Waals surface area contributed by atoms with Gasteiger partial charge in [-0.25, -0.2) is 0 Å². The van der Waals surface area contributed by atoms with Crippen LogP contribution in [0.4, 0.5) is 5.69 Å². The fraction of sp³-hybridized carbons (Fsp3) is 0.429. The van der Waals surface area contributed by atoms with Gasteiger partial charge in [-0.1, -0.05) is 0 Å². The van der Waals surface area contributed by atoms with E-state index in [9.17, 15) is 9.59 Å². The fourth-order valence-electron chi connectivity index (χ4n) is 1.55. The minimum Gasteiger partial charge on any atom is -0.385 e. The molecule has 1 rings (SSSR count). The molecule has 1 aromatic rings. The molecule has 18 heavy (non-hydrogen) atoms. The minimum absolute atomic E-state index is 0.196. The van der Waals surface area contributed by atoms with E-state index < -0.39 is 0 Å². The second-order valence-corrected chi connectivity index (χ2v) is 3.97. The summed E-state index contributed by atoms with van der Waals surface area (Å²) in [5.74, 6) is 0. The van der Waals surface area contributed by atoms with Gasteiger partial charge in [0, 0.05) is 24.4 Å². The van der Waals surface area contributed by atoms with Gasteiger partial charge in [0.2, 0.25) is 0 Å². The second-order valence-electron chi connectivity index (χ2n) is 3.97. The molecule has 0 heterocycles. The highest BCUT2D eigenvalue weighted by atomic mass is 16.5. The first-order chi connectivity index (χ1) is 8.86. The Bertz CT molecular complexity index is 349. The van der Waals surface area contributed by atoms with Crippen LogP contribution in [0.3, 0.4) is 0 Å². The van der Waals surface area contributed by atoms with Crippen LogP contribution in [0.25, 0.3) is 0 Å². The van der Waals surface area contributed by atoms with E-state index in [2.05, 4.69) is 5.32 Å². The maximum absolute atomic E-state index is 10.5. The number of rotatable bonds is 10. The summed E-state index contributed by atoms with van der Waals surface area (Å²) in [7, 11) is 0. The minimum atomic E-state index is 0.196. The van der Waals surface area contributed by atoms with Crippen LogP contribution in [0.15, 0.2) is 24.3 Å². The van der Waals surface area contributed by atoms with Crippen molar-refractivity contribution < 1.29 is 14.3 Å². The number of aldehydes is 2. The predicted molar refractivity (Wildman–Crippen MR) is 71.1 cm³/mol. The number of benzene rings is 1. The number of hydrogen-bond donors (Lipinski definition) is 1. The van der Waals surface area contributed by atoms with E-state index >= 15 is 0 Å². The van der Waals surface area contributed by atoms with E-state index in [1.165, 1.54) is 0 Å². The molecule has 0 saturated heterocycles. The summed E-state index contributed by atoms with van der Waals surface area (Å²) in [5.41, 5.74) is 1.71. The summed E-state index contributed by atoms with van der Waals surface area (Å²) in [6.45, 7) is 1.74. The second kappa shape index (κ2) is 9.36. The van der Waals surface area contributed by atoms with Crippen molar-refractivity contribution in [3.63, 3.8) is 0 Å². The van der Waals surface area contributed by atoms with Gasteiger partial charge in [-0.15, -0.1) is 0 Å². The molecule has 0 amide bonds. The number of carbonyl (C=O) groups is 2. The van der Waals surface area contributed by atoms with Crippen molar-refractivity contribution in [2.24, 2.45) is 0 Å². The molecular formula is C14H19NO3. The monoisotopic (exact) mass is 249 g/mol. The molecule has 0 aromatic heterocycles. The van der Waals surface area contributed by atoms with Crippen molar-refractivity contribution >= 4 is 18.3 Å².